The van der Waals surface area contributed by atoms with Gasteiger partial charge in [-0.25, -0.2) is 0 Å². The van der Waals surface area contributed by atoms with Crippen LogP contribution in [-0.2, 0) is 0 Å². The molecule has 4 rings (SSSR count). The standard InChI is InChI=1S/C25H29NOSi/c1-7-16(2)20-15-26-21(14-17(20)3)18-12-13-23(28(4,5)6)24-19-10-8-9-11-22(19)27-25(18)24/h8-16H,7H2,1-6H3. The van der Waals surface area contributed by atoms with E-state index in [1.807, 2.05) is 6.07 Å². The molecule has 2 aromatic heterocycles. The SMILES string of the molecule is CCC(C)c1cnc(-c2ccc([Si](C)(C)C)c3c2oc2ccccc23)cc1C. The first kappa shape index (κ1) is 18.9. The van der Waals surface area contributed by atoms with Crippen molar-refractivity contribution >= 4 is 35.2 Å². The Morgan fingerprint density at radius 3 is 2.50 bits per heavy atom. The van der Waals surface area contributed by atoms with Crippen LogP contribution >= 0.6 is 0 Å². The summed E-state index contributed by atoms with van der Waals surface area (Å²) in [5.41, 5.74) is 6.66. The molecule has 4 aromatic rings. The summed E-state index contributed by atoms with van der Waals surface area (Å²) in [5, 5.41) is 3.94. The molecule has 2 nitrogen and oxygen atoms in total. The van der Waals surface area contributed by atoms with Gasteiger partial charge < -0.3 is 4.42 Å². The van der Waals surface area contributed by atoms with E-state index in [1.165, 1.54) is 27.1 Å². The highest BCUT2D eigenvalue weighted by Crippen LogP contribution is 2.36. The van der Waals surface area contributed by atoms with Gasteiger partial charge in [-0.15, -0.1) is 0 Å². The highest BCUT2D eigenvalue weighted by atomic mass is 28.3. The third kappa shape index (κ3) is 3.08. The van der Waals surface area contributed by atoms with Gasteiger partial charge in [0, 0.05) is 22.5 Å². The van der Waals surface area contributed by atoms with Gasteiger partial charge >= 0.3 is 0 Å². The number of benzene rings is 2. The summed E-state index contributed by atoms with van der Waals surface area (Å²) in [5.74, 6) is 0.530. The van der Waals surface area contributed by atoms with Crippen molar-refractivity contribution in [2.75, 3.05) is 0 Å². The lowest BCUT2D eigenvalue weighted by Crippen LogP contribution is -2.37. The predicted molar refractivity (Wildman–Crippen MR) is 123 cm³/mol. The number of aromatic nitrogens is 1. The van der Waals surface area contributed by atoms with Crippen molar-refractivity contribution in [2.45, 2.75) is 52.8 Å². The molecular weight excluding hydrogens is 358 g/mol. The monoisotopic (exact) mass is 387 g/mol. The van der Waals surface area contributed by atoms with Gasteiger partial charge in [0.05, 0.1) is 13.8 Å². The van der Waals surface area contributed by atoms with Gasteiger partial charge in [-0.1, -0.05) is 57.8 Å². The molecule has 1 unspecified atom stereocenters. The molecule has 1 atom stereocenters. The molecule has 2 heterocycles. The molecule has 28 heavy (non-hydrogen) atoms. The molecule has 3 heteroatoms. The fraction of sp³-hybridized carbons (Fsp3) is 0.320. The second-order valence-corrected chi connectivity index (χ2v) is 14.0. The Hall–Kier alpha value is -2.39. The fourth-order valence-electron chi connectivity index (χ4n) is 4.10. The molecule has 0 saturated heterocycles. The molecule has 0 aliphatic heterocycles. The van der Waals surface area contributed by atoms with Crippen molar-refractivity contribution < 1.29 is 4.42 Å². The molecule has 0 spiro atoms. The molecule has 0 fully saturated rings. The summed E-state index contributed by atoms with van der Waals surface area (Å²) in [6, 6.07) is 15.1. The van der Waals surface area contributed by atoms with E-state index in [1.54, 1.807) is 0 Å². The molecule has 0 aliphatic rings. The highest BCUT2D eigenvalue weighted by molar-refractivity contribution is 6.90. The zero-order valence-corrected chi connectivity index (χ0v) is 18.8. The van der Waals surface area contributed by atoms with Crippen LogP contribution in [0.4, 0.5) is 0 Å². The van der Waals surface area contributed by atoms with Crippen molar-refractivity contribution in [1.29, 1.82) is 0 Å². The number of pyridine rings is 1. The van der Waals surface area contributed by atoms with Crippen LogP contribution in [0.25, 0.3) is 33.2 Å². The Morgan fingerprint density at radius 1 is 1.07 bits per heavy atom. The van der Waals surface area contributed by atoms with Crippen LogP contribution < -0.4 is 5.19 Å². The Balaban J connectivity index is 2.00. The number of furan rings is 1. The van der Waals surface area contributed by atoms with Gasteiger partial charge in [0.25, 0.3) is 0 Å². The lowest BCUT2D eigenvalue weighted by atomic mass is 9.95. The maximum Gasteiger partial charge on any atom is 0.144 e. The third-order valence-corrected chi connectivity index (χ3v) is 7.94. The maximum atomic E-state index is 6.39. The lowest BCUT2D eigenvalue weighted by molar-refractivity contribution is 0.670. The van der Waals surface area contributed by atoms with Gasteiger partial charge in [-0.3, -0.25) is 4.98 Å². The van der Waals surface area contributed by atoms with Crippen LogP contribution in [0.2, 0.25) is 19.6 Å². The van der Waals surface area contributed by atoms with Crippen LogP contribution in [-0.4, -0.2) is 13.1 Å². The first-order valence-electron chi connectivity index (χ1n) is 10.2. The minimum Gasteiger partial charge on any atom is -0.455 e. The smallest absolute Gasteiger partial charge is 0.144 e. The van der Waals surface area contributed by atoms with Crippen molar-refractivity contribution in [3.05, 3.63) is 59.8 Å². The largest absolute Gasteiger partial charge is 0.455 e. The Bertz CT molecular complexity index is 1170. The fourth-order valence-corrected chi connectivity index (χ4v) is 5.69. The van der Waals surface area contributed by atoms with E-state index < -0.39 is 8.07 Å². The first-order chi connectivity index (χ1) is 13.3. The van der Waals surface area contributed by atoms with Crippen molar-refractivity contribution in [1.82, 2.24) is 4.98 Å². The minimum absolute atomic E-state index is 0.530. The molecule has 0 saturated carbocycles. The summed E-state index contributed by atoms with van der Waals surface area (Å²) >= 11 is 0. The first-order valence-corrected chi connectivity index (χ1v) is 13.7. The van der Waals surface area contributed by atoms with Crippen molar-refractivity contribution in [3.63, 3.8) is 0 Å². The number of rotatable bonds is 4. The summed E-state index contributed by atoms with van der Waals surface area (Å²) in [4.78, 5) is 4.84. The van der Waals surface area contributed by atoms with Gasteiger partial charge in [0.1, 0.15) is 11.2 Å². The van der Waals surface area contributed by atoms with Crippen LogP contribution in [0.1, 0.15) is 37.3 Å². The summed E-state index contributed by atoms with van der Waals surface area (Å²) in [7, 11) is -1.52. The number of aryl methyl sites for hydroxylation is 1. The number of hydrogen-bond acceptors (Lipinski definition) is 2. The Labute approximate surface area is 168 Å². The molecule has 0 aliphatic carbocycles. The highest BCUT2D eigenvalue weighted by Gasteiger charge is 2.24. The van der Waals surface area contributed by atoms with E-state index >= 15 is 0 Å². The van der Waals surface area contributed by atoms with Gasteiger partial charge in [-0.05, 0) is 53.8 Å². The third-order valence-electron chi connectivity index (χ3n) is 5.90. The second-order valence-electron chi connectivity index (χ2n) is 8.95. The quantitative estimate of drug-likeness (QED) is 0.352. The molecule has 0 amide bonds. The number of hydrogen-bond donors (Lipinski definition) is 0. The van der Waals surface area contributed by atoms with Gasteiger partial charge in [0.15, 0.2) is 0 Å². The van der Waals surface area contributed by atoms with Crippen LogP contribution in [0.5, 0.6) is 0 Å². The molecular formula is C25H29NOSi. The van der Waals surface area contributed by atoms with E-state index in [0.29, 0.717) is 5.92 Å². The normalized spacial score (nSPS) is 13.4. The molecule has 0 bridgehead atoms. The van der Waals surface area contributed by atoms with Gasteiger partial charge in [0.2, 0.25) is 0 Å². The van der Waals surface area contributed by atoms with Crippen molar-refractivity contribution in [3.8, 4) is 11.3 Å². The average Bonchev–Trinajstić information content (AvgIpc) is 3.05. The Morgan fingerprint density at radius 2 is 1.82 bits per heavy atom. The maximum absolute atomic E-state index is 6.39. The minimum atomic E-state index is -1.52. The van der Waals surface area contributed by atoms with E-state index in [9.17, 15) is 0 Å². The predicted octanol–water partition coefficient (Wildman–Crippen LogP) is 7.02. The van der Waals surface area contributed by atoms with E-state index in [2.05, 4.69) is 83.0 Å². The number of para-hydroxylation sites is 1. The summed E-state index contributed by atoms with van der Waals surface area (Å²) in [6.45, 7) is 13.9. The molecule has 144 valence electrons. The zero-order chi connectivity index (χ0) is 20.1. The van der Waals surface area contributed by atoms with E-state index in [0.717, 1.165) is 28.8 Å². The van der Waals surface area contributed by atoms with E-state index in [-0.39, 0.29) is 0 Å². The lowest BCUT2D eigenvalue weighted by Gasteiger charge is -2.19. The Kier molecular flexibility index (Phi) is 4.66. The van der Waals surface area contributed by atoms with Crippen LogP contribution in [0, 0.1) is 6.92 Å². The van der Waals surface area contributed by atoms with Gasteiger partial charge in [-0.2, -0.15) is 0 Å². The van der Waals surface area contributed by atoms with Crippen molar-refractivity contribution in [2.24, 2.45) is 0 Å². The van der Waals surface area contributed by atoms with E-state index in [4.69, 9.17) is 9.40 Å². The summed E-state index contributed by atoms with van der Waals surface area (Å²) < 4.78 is 6.39. The second kappa shape index (κ2) is 6.89. The summed E-state index contributed by atoms with van der Waals surface area (Å²) in [6.07, 6.45) is 3.18. The topological polar surface area (TPSA) is 26.0 Å². The molecule has 0 radical (unpaired) electrons. The zero-order valence-electron chi connectivity index (χ0n) is 17.8. The average molecular weight is 388 g/mol. The van der Waals surface area contributed by atoms with Crippen LogP contribution in [0.3, 0.4) is 0 Å². The van der Waals surface area contributed by atoms with Crippen LogP contribution in [0.15, 0.2) is 53.1 Å². The number of nitrogens with zero attached hydrogens (tertiary/aromatic N) is 1. The molecule has 0 N–H and O–H groups in total. The number of fused-ring (bicyclic) bond motifs is 3. The molecule has 2 aromatic carbocycles.